The molecule has 26 heavy (non-hydrogen) atoms. The molecule has 0 aromatic carbocycles. The van der Waals surface area contributed by atoms with Crippen LogP contribution in [0.25, 0.3) is 0 Å². The topological polar surface area (TPSA) is 46.4 Å². The molecule has 3 rings (SSSR count). The third kappa shape index (κ3) is 4.84. The first-order chi connectivity index (χ1) is 12.7. The van der Waals surface area contributed by atoms with Gasteiger partial charge in [-0.1, -0.05) is 26.7 Å². The van der Waals surface area contributed by atoms with E-state index in [1.165, 1.54) is 50.9 Å². The van der Waals surface area contributed by atoms with Crippen molar-refractivity contribution >= 4 is 0 Å². The summed E-state index contributed by atoms with van der Waals surface area (Å²) in [5.74, 6) is 2.80. The van der Waals surface area contributed by atoms with Crippen LogP contribution in [0.15, 0.2) is 0 Å². The molecule has 0 aliphatic carbocycles. The van der Waals surface area contributed by atoms with Crippen molar-refractivity contribution in [3.63, 3.8) is 0 Å². The Morgan fingerprint density at radius 3 is 2.50 bits per heavy atom. The predicted octanol–water partition coefficient (Wildman–Crippen LogP) is 2.80. The number of likely N-dealkylation sites (tertiary alicyclic amines) is 1. The first kappa shape index (κ1) is 19.8. The summed E-state index contributed by atoms with van der Waals surface area (Å²) in [4.78, 5) is 5.15. The second-order valence-corrected chi connectivity index (χ2v) is 7.99. The minimum Gasteiger partial charge on any atom is -0.379 e. The molecule has 2 saturated heterocycles. The number of piperidine rings is 1. The van der Waals surface area contributed by atoms with Gasteiger partial charge in [0.15, 0.2) is 0 Å². The molecule has 1 aromatic rings. The average Bonchev–Trinajstić information content (AvgIpc) is 3.03. The summed E-state index contributed by atoms with van der Waals surface area (Å²) in [5.41, 5.74) is 0. The minimum atomic E-state index is 0.524. The van der Waals surface area contributed by atoms with Crippen LogP contribution in [0, 0.1) is 0 Å². The molecule has 6 heteroatoms. The molecule has 1 aromatic heterocycles. The van der Waals surface area contributed by atoms with E-state index in [1.54, 1.807) is 0 Å². The molecule has 3 heterocycles. The largest absolute Gasteiger partial charge is 0.379 e. The lowest BCUT2D eigenvalue weighted by Gasteiger charge is -2.38. The van der Waals surface area contributed by atoms with Gasteiger partial charge in [-0.2, -0.15) is 0 Å². The first-order valence-corrected chi connectivity index (χ1v) is 10.6. The van der Waals surface area contributed by atoms with Gasteiger partial charge in [0.1, 0.15) is 11.6 Å². The highest BCUT2D eigenvalue weighted by Gasteiger charge is 2.29. The van der Waals surface area contributed by atoms with Gasteiger partial charge in [0.05, 0.1) is 19.8 Å². The lowest BCUT2D eigenvalue weighted by Crippen LogP contribution is -2.42. The van der Waals surface area contributed by atoms with Crippen LogP contribution in [-0.4, -0.2) is 70.0 Å². The van der Waals surface area contributed by atoms with Gasteiger partial charge in [0, 0.05) is 38.6 Å². The molecule has 0 amide bonds. The zero-order valence-electron chi connectivity index (χ0n) is 17.0. The van der Waals surface area contributed by atoms with Crippen LogP contribution in [0.1, 0.15) is 69.9 Å². The minimum absolute atomic E-state index is 0.524. The van der Waals surface area contributed by atoms with Gasteiger partial charge in [-0.25, -0.2) is 0 Å². The maximum Gasteiger partial charge on any atom is 0.146 e. The van der Waals surface area contributed by atoms with Crippen LogP contribution in [0.4, 0.5) is 0 Å². The van der Waals surface area contributed by atoms with E-state index in [-0.39, 0.29) is 0 Å². The number of hydrogen-bond donors (Lipinski definition) is 0. The maximum absolute atomic E-state index is 5.45. The second-order valence-electron chi connectivity index (χ2n) is 7.99. The lowest BCUT2D eigenvalue weighted by molar-refractivity contribution is 0.0326. The van der Waals surface area contributed by atoms with Gasteiger partial charge in [-0.15, -0.1) is 10.2 Å². The van der Waals surface area contributed by atoms with Gasteiger partial charge < -0.3 is 9.30 Å². The summed E-state index contributed by atoms with van der Waals surface area (Å²) in [5, 5.41) is 9.16. The SMILES string of the molecule is CCCC(CCC)N1CCC[C@H](c2nnc(CN3CCOCC3)n2C)C1. The van der Waals surface area contributed by atoms with E-state index in [4.69, 9.17) is 4.74 Å². The van der Waals surface area contributed by atoms with Crippen LogP contribution < -0.4 is 0 Å². The Kier molecular flexibility index (Phi) is 7.46. The number of ether oxygens (including phenoxy) is 1. The molecule has 2 aliphatic rings. The van der Waals surface area contributed by atoms with Crippen LogP contribution in [0.5, 0.6) is 0 Å². The highest BCUT2D eigenvalue weighted by molar-refractivity contribution is 5.04. The van der Waals surface area contributed by atoms with Crippen molar-refractivity contribution in [2.45, 2.75) is 70.9 Å². The summed E-state index contributed by atoms with van der Waals surface area (Å²) < 4.78 is 7.71. The van der Waals surface area contributed by atoms with Crippen LogP contribution >= 0.6 is 0 Å². The average molecular weight is 364 g/mol. The highest BCUT2D eigenvalue weighted by Crippen LogP contribution is 2.29. The van der Waals surface area contributed by atoms with E-state index < -0.39 is 0 Å². The third-order valence-electron chi connectivity index (χ3n) is 6.05. The van der Waals surface area contributed by atoms with Crippen molar-refractivity contribution in [1.29, 1.82) is 0 Å². The smallest absolute Gasteiger partial charge is 0.146 e. The zero-order chi connectivity index (χ0) is 18.4. The van der Waals surface area contributed by atoms with Crippen LogP contribution in [0.3, 0.4) is 0 Å². The van der Waals surface area contributed by atoms with E-state index in [9.17, 15) is 0 Å². The maximum atomic E-state index is 5.45. The second kappa shape index (κ2) is 9.81. The summed E-state index contributed by atoms with van der Waals surface area (Å²) in [6.45, 7) is 11.6. The van der Waals surface area contributed by atoms with E-state index >= 15 is 0 Å². The standard InChI is InChI=1S/C20H37N5O/c1-4-7-18(8-5-2)25-10-6-9-17(15-25)20-22-21-19(23(20)3)16-24-11-13-26-14-12-24/h17-18H,4-16H2,1-3H3/t17-/m0/s1. The normalized spacial score (nSPS) is 23.0. The van der Waals surface area contributed by atoms with Gasteiger partial charge in [0.2, 0.25) is 0 Å². The van der Waals surface area contributed by atoms with Gasteiger partial charge in [-0.3, -0.25) is 9.80 Å². The Labute approximate surface area is 158 Å². The van der Waals surface area contributed by atoms with E-state index in [0.717, 1.165) is 51.3 Å². The molecule has 6 nitrogen and oxygen atoms in total. The molecule has 148 valence electrons. The Bertz CT molecular complexity index is 534. The van der Waals surface area contributed by atoms with Gasteiger partial charge in [0.25, 0.3) is 0 Å². The number of nitrogens with zero attached hydrogens (tertiary/aromatic N) is 5. The van der Waals surface area contributed by atoms with E-state index in [2.05, 4.69) is 45.5 Å². The number of rotatable bonds is 8. The molecule has 0 radical (unpaired) electrons. The molecule has 2 fully saturated rings. The molecule has 2 aliphatic heterocycles. The molecule has 0 N–H and O–H groups in total. The van der Waals surface area contributed by atoms with Crippen molar-refractivity contribution in [2.24, 2.45) is 7.05 Å². The Morgan fingerprint density at radius 1 is 1.08 bits per heavy atom. The fourth-order valence-corrected chi connectivity index (χ4v) is 4.55. The number of aromatic nitrogens is 3. The quantitative estimate of drug-likeness (QED) is 0.711. The number of hydrogen-bond acceptors (Lipinski definition) is 5. The van der Waals surface area contributed by atoms with Gasteiger partial charge >= 0.3 is 0 Å². The van der Waals surface area contributed by atoms with E-state index in [1.807, 2.05) is 0 Å². The first-order valence-electron chi connectivity index (χ1n) is 10.6. The fourth-order valence-electron chi connectivity index (χ4n) is 4.55. The van der Waals surface area contributed by atoms with Crippen molar-refractivity contribution in [1.82, 2.24) is 24.6 Å². The Morgan fingerprint density at radius 2 is 1.81 bits per heavy atom. The van der Waals surface area contributed by atoms with E-state index in [0.29, 0.717) is 5.92 Å². The van der Waals surface area contributed by atoms with Crippen molar-refractivity contribution in [2.75, 3.05) is 39.4 Å². The third-order valence-corrected chi connectivity index (χ3v) is 6.05. The van der Waals surface area contributed by atoms with Crippen LogP contribution in [0.2, 0.25) is 0 Å². The fraction of sp³-hybridized carbons (Fsp3) is 0.900. The Balaban J connectivity index is 1.64. The molecular weight excluding hydrogens is 326 g/mol. The summed E-state index contributed by atoms with van der Waals surface area (Å²) in [6, 6.07) is 0.744. The highest BCUT2D eigenvalue weighted by atomic mass is 16.5. The van der Waals surface area contributed by atoms with Crippen molar-refractivity contribution in [3.8, 4) is 0 Å². The summed E-state index contributed by atoms with van der Waals surface area (Å²) in [7, 11) is 2.15. The molecule has 0 saturated carbocycles. The predicted molar refractivity (Wildman–Crippen MR) is 104 cm³/mol. The number of morpholine rings is 1. The van der Waals surface area contributed by atoms with Crippen LogP contribution in [-0.2, 0) is 18.3 Å². The van der Waals surface area contributed by atoms with Gasteiger partial charge in [-0.05, 0) is 32.2 Å². The van der Waals surface area contributed by atoms with Crippen molar-refractivity contribution < 1.29 is 4.74 Å². The molecule has 0 bridgehead atoms. The molecule has 1 atom stereocenters. The van der Waals surface area contributed by atoms with Crippen molar-refractivity contribution in [3.05, 3.63) is 11.6 Å². The Hall–Kier alpha value is -0.980. The zero-order valence-corrected chi connectivity index (χ0v) is 17.0. The molecule has 0 unspecified atom stereocenters. The summed E-state index contributed by atoms with van der Waals surface area (Å²) in [6.07, 6.45) is 7.72. The molecular formula is C20H37N5O. The molecule has 0 spiro atoms. The lowest BCUT2D eigenvalue weighted by atomic mass is 9.93. The monoisotopic (exact) mass is 363 g/mol. The summed E-state index contributed by atoms with van der Waals surface area (Å²) >= 11 is 0.